The summed E-state index contributed by atoms with van der Waals surface area (Å²) < 4.78 is 16.1. The Bertz CT molecular complexity index is 1050. The van der Waals surface area contributed by atoms with E-state index in [-0.39, 0.29) is 11.8 Å². The molecule has 2 heterocycles. The van der Waals surface area contributed by atoms with Crippen LogP contribution in [0.5, 0.6) is 11.5 Å². The smallest absolute Gasteiger partial charge is 0.257 e. The van der Waals surface area contributed by atoms with Crippen molar-refractivity contribution in [2.45, 2.75) is 12.3 Å². The Labute approximate surface area is 175 Å². The first kappa shape index (κ1) is 19.8. The summed E-state index contributed by atoms with van der Waals surface area (Å²) in [7, 11) is 7.13. The van der Waals surface area contributed by atoms with Crippen molar-refractivity contribution >= 4 is 17.3 Å². The van der Waals surface area contributed by atoms with Gasteiger partial charge in [-0.3, -0.25) is 4.79 Å². The molecule has 0 aliphatic carbocycles. The molecular weight excluding hydrogens is 384 g/mol. The molecule has 1 aromatic heterocycles. The Hall–Kier alpha value is -3.55. The summed E-state index contributed by atoms with van der Waals surface area (Å²) in [5.74, 6) is 2.06. The lowest BCUT2D eigenvalue weighted by Gasteiger charge is -2.18. The standard InChI is InChI=1S/C22H24N4O4/c1-25(2)16-7-5-14(6-8-16)22-23-21(24-30-22)15-11-20(27)26(13-15)17-9-10-18(28-3)19(12-17)29-4/h5-10,12,15H,11,13H2,1-4H3. The highest BCUT2D eigenvalue weighted by Gasteiger charge is 2.35. The van der Waals surface area contributed by atoms with Crippen molar-refractivity contribution in [2.75, 3.05) is 44.7 Å². The van der Waals surface area contributed by atoms with Crippen molar-refractivity contribution in [3.05, 3.63) is 48.3 Å². The molecular formula is C22H24N4O4. The van der Waals surface area contributed by atoms with Crippen LogP contribution >= 0.6 is 0 Å². The van der Waals surface area contributed by atoms with Crippen LogP contribution in [0, 0.1) is 0 Å². The summed E-state index contributed by atoms with van der Waals surface area (Å²) >= 11 is 0. The largest absolute Gasteiger partial charge is 0.493 e. The molecule has 30 heavy (non-hydrogen) atoms. The van der Waals surface area contributed by atoms with Crippen molar-refractivity contribution in [2.24, 2.45) is 0 Å². The van der Waals surface area contributed by atoms with E-state index in [1.54, 1.807) is 31.3 Å². The minimum atomic E-state index is -0.135. The molecule has 1 aliphatic heterocycles. The quantitative estimate of drug-likeness (QED) is 0.619. The van der Waals surface area contributed by atoms with E-state index in [2.05, 4.69) is 10.1 Å². The molecule has 3 aromatic rings. The van der Waals surface area contributed by atoms with E-state index in [0.717, 1.165) is 16.9 Å². The number of anilines is 2. The maximum atomic E-state index is 12.7. The van der Waals surface area contributed by atoms with E-state index in [1.165, 1.54) is 0 Å². The number of methoxy groups -OCH3 is 2. The van der Waals surface area contributed by atoms with Crippen molar-refractivity contribution in [3.8, 4) is 23.0 Å². The number of aromatic nitrogens is 2. The zero-order valence-electron chi connectivity index (χ0n) is 17.5. The summed E-state index contributed by atoms with van der Waals surface area (Å²) in [6.45, 7) is 0.479. The van der Waals surface area contributed by atoms with Gasteiger partial charge in [-0.15, -0.1) is 0 Å². The summed E-state index contributed by atoms with van der Waals surface area (Å²) in [6, 6.07) is 13.3. The van der Waals surface area contributed by atoms with Gasteiger partial charge < -0.3 is 23.8 Å². The minimum Gasteiger partial charge on any atom is -0.493 e. The zero-order chi connectivity index (χ0) is 21.3. The van der Waals surface area contributed by atoms with E-state index < -0.39 is 0 Å². The van der Waals surface area contributed by atoms with Gasteiger partial charge in [-0.1, -0.05) is 5.16 Å². The van der Waals surface area contributed by atoms with E-state index in [4.69, 9.17) is 14.0 Å². The summed E-state index contributed by atoms with van der Waals surface area (Å²) in [5, 5.41) is 4.14. The number of carbonyl (C=O) groups excluding carboxylic acids is 1. The SMILES string of the molecule is COc1ccc(N2CC(c3noc(-c4ccc(N(C)C)cc4)n3)CC2=O)cc1OC. The molecule has 0 N–H and O–H groups in total. The van der Waals surface area contributed by atoms with Gasteiger partial charge in [-0.25, -0.2) is 0 Å². The lowest BCUT2D eigenvalue weighted by Crippen LogP contribution is -2.24. The van der Waals surface area contributed by atoms with Gasteiger partial charge in [0.1, 0.15) is 0 Å². The van der Waals surface area contributed by atoms with Gasteiger partial charge in [0.15, 0.2) is 17.3 Å². The molecule has 1 saturated heterocycles. The average molecular weight is 408 g/mol. The molecule has 1 aliphatic rings. The number of benzene rings is 2. The molecule has 2 aromatic carbocycles. The Balaban J connectivity index is 1.52. The molecule has 1 unspecified atom stereocenters. The minimum absolute atomic E-state index is 0.00825. The Kier molecular flexibility index (Phi) is 5.31. The topological polar surface area (TPSA) is 80.9 Å². The first-order valence-corrected chi connectivity index (χ1v) is 9.64. The van der Waals surface area contributed by atoms with Crippen LogP contribution in [0.2, 0.25) is 0 Å². The van der Waals surface area contributed by atoms with Crippen LogP contribution < -0.4 is 19.3 Å². The summed E-state index contributed by atoms with van der Waals surface area (Å²) in [4.78, 5) is 20.9. The van der Waals surface area contributed by atoms with Crippen LogP contribution in [0.3, 0.4) is 0 Å². The van der Waals surface area contributed by atoms with Crippen molar-refractivity contribution in [1.82, 2.24) is 10.1 Å². The first-order valence-electron chi connectivity index (χ1n) is 9.64. The van der Waals surface area contributed by atoms with Crippen LogP contribution in [0.25, 0.3) is 11.5 Å². The van der Waals surface area contributed by atoms with Crippen molar-refractivity contribution < 1.29 is 18.8 Å². The molecule has 1 fully saturated rings. The van der Waals surface area contributed by atoms with E-state index in [9.17, 15) is 4.79 Å². The predicted molar refractivity (Wildman–Crippen MR) is 113 cm³/mol. The van der Waals surface area contributed by atoms with Gasteiger partial charge in [0, 0.05) is 56.0 Å². The van der Waals surface area contributed by atoms with Crippen molar-refractivity contribution in [3.63, 3.8) is 0 Å². The second kappa shape index (κ2) is 8.06. The van der Waals surface area contributed by atoms with Crippen molar-refractivity contribution in [1.29, 1.82) is 0 Å². The molecule has 0 radical (unpaired) electrons. The lowest BCUT2D eigenvalue weighted by atomic mass is 10.1. The molecule has 1 amide bonds. The van der Waals surface area contributed by atoms with Crippen LogP contribution in [0.15, 0.2) is 47.0 Å². The van der Waals surface area contributed by atoms with E-state index >= 15 is 0 Å². The van der Waals surface area contributed by atoms with Crippen LogP contribution in [0.4, 0.5) is 11.4 Å². The van der Waals surface area contributed by atoms with Gasteiger partial charge >= 0.3 is 0 Å². The van der Waals surface area contributed by atoms with Gasteiger partial charge in [0.05, 0.1) is 14.2 Å². The molecule has 4 rings (SSSR count). The molecule has 0 bridgehead atoms. The molecule has 0 saturated carbocycles. The fraction of sp³-hybridized carbons (Fsp3) is 0.318. The van der Waals surface area contributed by atoms with Gasteiger partial charge in [0.25, 0.3) is 5.89 Å². The van der Waals surface area contributed by atoms with Gasteiger partial charge in [-0.05, 0) is 36.4 Å². The highest BCUT2D eigenvalue weighted by Crippen LogP contribution is 2.36. The molecule has 0 spiro atoms. The highest BCUT2D eigenvalue weighted by molar-refractivity contribution is 5.96. The van der Waals surface area contributed by atoms with Crippen LogP contribution in [-0.2, 0) is 4.79 Å². The Morgan fingerprint density at radius 3 is 2.47 bits per heavy atom. The monoisotopic (exact) mass is 408 g/mol. The van der Waals surface area contributed by atoms with E-state index in [1.807, 2.05) is 49.3 Å². The van der Waals surface area contributed by atoms with Gasteiger partial charge in [0.2, 0.25) is 5.91 Å². The number of carbonyl (C=O) groups is 1. The third-order valence-corrected chi connectivity index (χ3v) is 5.24. The normalized spacial score (nSPS) is 16.1. The summed E-state index contributed by atoms with van der Waals surface area (Å²) in [5.41, 5.74) is 2.69. The Morgan fingerprint density at radius 2 is 1.80 bits per heavy atom. The second-order valence-corrected chi connectivity index (χ2v) is 7.34. The predicted octanol–water partition coefficient (Wildman–Crippen LogP) is 3.34. The third kappa shape index (κ3) is 3.68. The van der Waals surface area contributed by atoms with Gasteiger partial charge in [-0.2, -0.15) is 4.98 Å². The fourth-order valence-corrected chi connectivity index (χ4v) is 3.54. The fourth-order valence-electron chi connectivity index (χ4n) is 3.54. The third-order valence-electron chi connectivity index (χ3n) is 5.24. The number of ether oxygens (including phenoxy) is 2. The number of hydrogen-bond acceptors (Lipinski definition) is 7. The second-order valence-electron chi connectivity index (χ2n) is 7.34. The van der Waals surface area contributed by atoms with Crippen LogP contribution in [0.1, 0.15) is 18.2 Å². The number of nitrogens with zero attached hydrogens (tertiary/aromatic N) is 4. The molecule has 8 heteroatoms. The number of amides is 1. The molecule has 1 atom stereocenters. The molecule has 8 nitrogen and oxygen atoms in total. The maximum absolute atomic E-state index is 12.7. The maximum Gasteiger partial charge on any atom is 0.257 e. The number of rotatable bonds is 6. The Morgan fingerprint density at radius 1 is 1.07 bits per heavy atom. The molecule has 156 valence electrons. The average Bonchev–Trinajstić information content (AvgIpc) is 3.40. The number of hydrogen-bond donors (Lipinski definition) is 0. The zero-order valence-corrected chi connectivity index (χ0v) is 17.5. The lowest BCUT2D eigenvalue weighted by molar-refractivity contribution is -0.117. The first-order chi connectivity index (χ1) is 14.5. The van der Waals surface area contributed by atoms with E-state index in [0.29, 0.717) is 36.2 Å². The highest BCUT2D eigenvalue weighted by atomic mass is 16.5. The van der Waals surface area contributed by atoms with Crippen LogP contribution in [-0.4, -0.2) is 50.9 Å². The summed E-state index contributed by atoms with van der Waals surface area (Å²) in [6.07, 6.45) is 0.326.